The zero-order valence-corrected chi connectivity index (χ0v) is 12.4. The van der Waals surface area contributed by atoms with E-state index in [2.05, 4.69) is 23.5 Å². The molecule has 0 aromatic carbocycles. The number of carbonyl (C=O) groups excluding carboxylic acids is 1. The highest BCUT2D eigenvalue weighted by molar-refractivity contribution is 5.69. The normalized spacial score (nSPS) is 20.7. The Morgan fingerprint density at radius 2 is 2.21 bits per heavy atom. The van der Waals surface area contributed by atoms with Crippen molar-refractivity contribution >= 4 is 5.97 Å². The molecule has 5 nitrogen and oxygen atoms in total. The van der Waals surface area contributed by atoms with Crippen LogP contribution in [0.3, 0.4) is 0 Å². The Kier molecular flexibility index (Phi) is 8.02. The Labute approximate surface area is 116 Å². The molecule has 0 N–H and O–H groups in total. The van der Waals surface area contributed by atoms with E-state index in [9.17, 15) is 4.79 Å². The molecule has 1 heterocycles. The Bertz CT molecular complexity index is 258. The van der Waals surface area contributed by atoms with Crippen molar-refractivity contribution in [2.24, 2.45) is 5.92 Å². The summed E-state index contributed by atoms with van der Waals surface area (Å²) in [4.78, 5) is 13.5. The van der Waals surface area contributed by atoms with Gasteiger partial charge in [-0.25, -0.2) is 0 Å². The van der Waals surface area contributed by atoms with Gasteiger partial charge in [0.2, 0.25) is 0 Å². The van der Waals surface area contributed by atoms with Crippen molar-refractivity contribution in [3.05, 3.63) is 0 Å². The highest BCUT2D eigenvalue weighted by Crippen LogP contribution is 2.09. The third-order valence-corrected chi connectivity index (χ3v) is 3.24. The predicted octanol–water partition coefficient (Wildman–Crippen LogP) is 1.31. The van der Waals surface area contributed by atoms with Crippen LogP contribution in [-0.4, -0.2) is 63.5 Å². The van der Waals surface area contributed by atoms with Gasteiger partial charge in [0, 0.05) is 26.2 Å². The number of ether oxygens (including phenoxy) is 3. The molecule has 0 aromatic heterocycles. The van der Waals surface area contributed by atoms with Gasteiger partial charge >= 0.3 is 5.97 Å². The highest BCUT2D eigenvalue weighted by atomic mass is 16.5. The van der Waals surface area contributed by atoms with Crippen LogP contribution in [0.5, 0.6) is 0 Å². The number of rotatable bonds is 8. The first kappa shape index (κ1) is 16.4. The van der Waals surface area contributed by atoms with Gasteiger partial charge in [-0.3, -0.25) is 9.69 Å². The van der Waals surface area contributed by atoms with E-state index in [0.717, 1.165) is 39.3 Å². The fourth-order valence-corrected chi connectivity index (χ4v) is 1.99. The van der Waals surface area contributed by atoms with Crippen molar-refractivity contribution in [2.75, 3.05) is 46.6 Å². The third kappa shape index (κ3) is 7.50. The predicted molar refractivity (Wildman–Crippen MR) is 73.1 cm³/mol. The first-order valence-electron chi connectivity index (χ1n) is 7.10. The van der Waals surface area contributed by atoms with E-state index in [1.54, 1.807) is 0 Å². The summed E-state index contributed by atoms with van der Waals surface area (Å²) in [6, 6.07) is 0. The van der Waals surface area contributed by atoms with Crippen LogP contribution in [0.4, 0.5) is 0 Å². The fourth-order valence-electron chi connectivity index (χ4n) is 1.99. The van der Waals surface area contributed by atoms with Crippen molar-refractivity contribution in [3.63, 3.8) is 0 Å². The zero-order chi connectivity index (χ0) is 14.1. The van der Waals surface area contributed by atoms with Crippen LogP contribution in [-0.2, 0) is 19.0 Å². The largest absolute Gasteiger partial charge is 0.469 e. The average Bonchev–Trinajstić information content (AvgIpc) is 2.38. The molecule has 0 bridgehead atoms. The molecule has 1 rings (SSSR count). The molecule has 0 saturated carbocycles. The van der Waals surface area contributed by atoms with E-state index in [4.69, 9.17) is 9.47 Å². The van der Waals surface area contributed by atoms with Crippen LogP contribution in [0.25, 0.3) is 0 Å². The maximum absolute atomic E-state index is 11.2. The number of nitrogens with zero attached hydrogens (tertiary/aromatic N) is 1. The van der Waals surface area contributed by atoms with Gasteiger partial charge in [-0.05, 0) is 12.3 Å². The molecule has 0 aliphatic carbocycles. The molecule has 19 heavy (non-hydrogen) atoms. The van der Waals surface area contributed by atoms with Gasteiger partial charge in [-0.1, -0.05) is 13.8 Å². The second-order valence-corrected chi connectivity index (χ2v) is 5.37. The fraction of sp³-hybridized carbons (Fsp3) is 0.929. The van der Waals surface area contributed by atoms with Crippen molar-refractivity contribution in [2.45, 2.75) is 32.8 Å². The van der Waals surface area contributed by atoms with Crippen molar-refractivity contribution in [1.29, 1.82) is 0 Å². The van der Waals surface area contributed by atoms with Gasteiger partial charge < -0.3 is 14.2 Å². The molecule has 0 amide bonds. The zero-order valence-electron chi connectivity index (χ0n) is 12.4. The minimum atomic E-state index is -0.208. The minimum absolute atomic E-state index is 0.0446. The molecule has 1 unspecified atom stereocenters. The molecule has 0 radical (unpaired) electrons. The van der Waals surface area contributed by atoms with Crippen molar-refractivity contribution in [1.82, 2.24) is 4.90 Å². The summed E-state index contributed by atoms with van der Waals surface area (Å²) < 4.78 is 15.8. The first-order chi connectivity index (χ1) is 9.11. The number of hydrogen-bond acceptors (Lipinski definition) is 5. The molecular formula is C14H27NO4. The second-order valence-electron chi connectivity index (χ2n) is 5.37. The lowest BCUT2D eigenvalue weighted by molar-refractivity contribution is -0.145. The van der Waals surface area contributed by atoms with Gasteiger partial charge in [0.05, 0.1) is 32.8 Å². The first-order valence-corrected chi connectivity index (χ1v) is 7.10. The van der Waals surface area contributed by atoms with E-state index >= 15 is 0 Å². The van der Waals surface area contributed by atoms with Crippen molar-refractivity contribution < 1.29 is 19.0 Å². The van der Waals surface area contributed by atoms with Gasteiger partial charge in [0.15, 0.2) is 0 Å². The van der Waals surface area contributed by atoms with E-state index in [-0.39, 0.29) is 12.1 Å². The summed E-state index contributed by atoms with van der Waals surface area (Å²) in [6.07, 6.45) is 1.40. The van der Waals surface area contributed by atoms with E-state index in [0.29, 0.717) is 18.9 Å². The Hall–Kier alpha value is -0.650. The Morgan fingerprint density at radius 1 is 1.42 bits per heavy atom. The second kappa shape index (κ2) is 9.28. The molecule has 1 fully saturated rings. The van der Waals surface area contributed by atoms with Gasteiger partial charge in [-0.15, -0.1) is 0 Å². The van der Waals surface area contributed by atoms with E-state index in [1.165, 1.54) is 7.11 Å². The van der Waals surface area contributed by atoms with Gasteiger partial charge in [-0.2, -0.15) is 0 Å². The molecule has 0 aromatic rings. The molecule has 5 heteroatoms. The lowest BCUT2D eigenvalue weighted by atomic mass is 10.1. The average molecular weight is 273 g/mol. The molecule has 0 spiro atoms. The van der Waals surface area contributed by atoms with Gasteiger partial charge in [0.25, 0.3) is 0 Å². The van der Waals surface area contributed by atoms with E-state index in [1.807, 2.05) is 0 Å². The van der Waals surface area contributed by atoms with Crippen LogP contribution in [0.1, 0.15) is 26.7 Å². The molecule has 112 valence electrons. The number of esters is 1. The minimum Gasteiger partial charge on any atom is -0.469 e. The van der Waals surface area contributed by atoms with E-state index < -0.39 is 0 Å². The Morgan fingerprint density at radius 3 is 2.89 bits per heavy atom. The summed E-state index contributed by atoms with van der Waals surface area (Å²) in [5.74, 6) is 0.479. The van der Waals surface area contributed by atoms with Crippen LogP contribution < -0.4 is 0 Å². The van der Waals surface area contributed by atoms with Gasteiger partial charge in [0.1, 0.15) is 0 Å². The lowest BCUT2D eigenvalue weighted by Crippen LogP contribution is -2.44. The summed E-state index contributed by atoms with van der Waals surface area (Å²) in [7, 11) is 1.41. The molecular weight excluding hydrogens is 246 g/mol. The standard InChI is InChI=1S/C14H27NO4/c1-12(2)4-7-18-8-5-15-6-9-19-13(11-15)10-14(16)17-3/h12-13H,4-11H2,1-3H3. The molecule has 1 saturated heterocycles. The molecule has 1 aliphatic heterocycles. The number of carbonyl (C=O) groups is 1. The lowest BCUT2D eigenvalue weighted by Gasteiger charge is -2.32. The topological polar surface area (TPSA) is 48.0 Å². The number of morpholine rings is 1. The number of hydrogen-bond donors (Lipinski definition) is 0. The monoisotopic (exact) mass is 273 g/mol. The highest BCUT2D eigenvalue weighted by Gasteiger charge is 2.22. The smallest absolute Gasteiger partial charge is 0.308 e. The molecule has 1 aliphatic rings. The van der Waals surface area contributed by atoms with Crippen molar-refractivity contribution in [3.8, 4) is 0 Å². The SMILES string of the molecule is COC(=O)CC1CN(CCOCCC(C)C)CCO1. The summed E-state index contributed by atoms with van der Waals surface area (Å²) in [6.45, 7) is 9.23. The maximum Gasteiger partial charge on any atom is 0.308 e. The van der Waals surface area contributed by atoms with Crippen LogP contribution in [0.15, 0.2) is 0 Å². The Balaban J connectivity index is 2.11. The van der Waals surface area contributed by atoms with Crippen LogP contribution in [0.2, 0.25) is 0 Å². The number of methoxy groups -OCH3 is 1. The quantitative estimate of drug-likeness (QED) is 0.493. The van der Waals surface area contributed by atoms with Crippen LogP contribution in [0, 0.1) is 5.92 Å². The summed E-state index contributed by atoms with van der Waals surface area (Å²) in [5.41, 5.74) is 0. The molecule has 1 atom stereocenters. The third-order valence-electron chi connectivity index (χ3n) is 3.24. The van der Waals surface area contributed by atoms with Crippen LogP contribution >= 0.6 is 0 Å². The summed E-state index contributed by atoms with van der Waals surface area (Å²) in [5, 5.41) is 0. The summed E-state index contributed by atoms with van der Waals surface area (Å²) >= 11 is 0. The maximum atomic E-state index is 11.2.